The number of hydrogen-bond donors (Lipinski definition) is 2. The van der Waals surface area contributed by atoms with E-state index in [1.54, 1.807) is 6.20 Å². The molecule has 7 heteroatoms. The quantitative estimate of drug-likeness (QED) is 0.488. The topological polar surface area (TPSA) is 105 Å². The number of nitrogens with zero attached hydrogens (tertiary/aromatic N) is 2. The van der Waals surface area contributed by atoms with E-state index in [9.17, 15) is 14.4 Å². The van der Waals surface area contributed by atoms with Crippen molar-refractivity contribution in [2.75, 3.05) is 6.54 Å². The Labute approximate surface area is 214 Å². The summed E-state index contributed by atoms with van der Waals surface area (Å²) in [5, 5.41) is 3.01. The standard InChI is InChI=1S/C29H40N4O3/c1-4-10-24(27(30)34)25(15-20(2)3)28(35)32-26-13-8-9-14-33(29(26)36)19-21-16-23(18-31-17-21)22-11-6-5-7-12-22/h5-7,11-12,16-18,20,24-26H,4,8-10,13-15,19H2,1-3H3,(H2,30,34)(H,32,35). The second-order valence-corrected chi connectivity index (χ2v) is 10.3. The van der Waals surface area contributed by atoms with E-state index in [2.05, 4.69) is 16.4 Å². The number of hydrogen-bond acceptors (Lipinski definition) is 4. The molecule has 3 unspecified atom stereocenters. The molecular weight excluding hydrogens is 452 g/mol. The van der Waals surface area contributed by atoms with Crippen molar-refractivity contribution in [2.24, 2.45) is 23.5 Å². The average molecular weight is 493 g/mol. The third-order valence-electron chi connectivity index (χ3n) is 6.89. The van der Waals surface area contributed by atoms with E-state index in [0.717, 1.165) is 36.0 Å². The Morgan fingerprint density at radius 2 is 1.86 bits per heavy atom. The first-order chi connectivity index (χ1) is 17.3. The smallest absolute Gasteiger partial charge is 0.245 e. The molecule has 0 aliphatic carbocycles. The highest BCUT2D eigenvalue weighted by Crippen LogP contribution is 2.26. The number of benzene rings is 1. The number of nitrogens with two attached hydrogens (primary N) is 1. The molecule has 0 spiro atoms. The second kappa shape index (κ2) is 13.2. The number of carbonyl (C=O) groups is 3. The van der Waals surface area contributed by atoms with Crippen LogP contribution in [0.25, 0.3) is 11.1 Å². The van der Waals surface area contributed by atoms with Crippen molar-refractivity contribution >= 4 is 17.7 Å². The summed E-state index contributed by atoms with van der Waals surface area (Å²) in [7, 11) is 0. The van der Waals surface area contributed by atoms with E-state index in [-0.39, 0.29) is 17.7 Å². The van der Waals surface area contributed by atoms with Crippen LogP contribution in [0.15, 0.2) is 48.8 Å². The summed E-state index contributed by atoms with van der Waals surface area (Å²) in [5.74, 6) is -1.60. The molecular formula is C29H40N4O3. The lowest BCUT2D eigenvalue weighted by atomic mass is 9.81. The molecule has 194 valence electrons. The number of amides is 3. The molecule has 3 atom stereocenters. The fourth-order valence-electron chi connectivity index (χ4n) is 5.07. The number of aromatic nitrogens is 1. The third kappa shape index (κ3) is 7.39. The summed E-state index contributed by atoms with van der Waals surface area (Å²) in [6.45, 7) is 7.11. The van der Waals surface area contributed by atoms with Gasteiger partial charge in [-0.1, -0.05) is 57.5 Å². The highest BCUT2D eigenvalue weighted by Gasteiger charge is 2.35. The first-order valence-electron chi connectivity index (χ1n) is 13.2. The molecule has 2 heterocycles. The summed E-state index contributed by atoms with van der Waals surface area (Å²) < 4.78 is 0. The number of carbonyl (C=O) groups excluding carboxylic acids is 3. The molecule has 1 saturated heterocycles. The zero-order valence-corrected chi connectivity index (χ0v) is 21.8. The predicted molar refractivity (Wildman–Crippen MR) is 141 cm³/mol. The van der Waals surface area contributed by atoms with Crippen LogP contribution in [0.5, 0.6) is 0 Å². The third-order valence-corrected chi connectivity index (χ3v) is 6.89. The molecule has 7 nitrogen and oxygen atoms in total. The van der Waals surface area contributed by atoms with Gasteiger partial charge in [-0.2, -0.15) is 0 Å². The molecule has 0 saturated carbocycles. The van der Waals surface area contributed by atoms with Crippen molar-refractivity contribution in [3.8, 4) is 11.1 Å². The van der Waals surface area contributed by atoms with Gasteiger partial charge < -0.3 is 16.0 Å². The lowest BCUT2D eigenvalue weighted by molar-refractivity contribution is -0.139. The van der Waals surface area contributed by atoms with Crippen molar-refractivity contribution in [1.29, 1.82) is 0 Å². The maximum absolute atomic E-state index is 13.5. The molecule has 2 aromatic rings. The van der Waals surface area contributed by atoms with E-state index in [4.69, 9.17) is 5.73 Å². The number of likely N-dealkylation sites (tertiary alicyclic amines) is 1. The molecule has 36 heavy (non-hydrogen) atoms. The molecule has 1 fully saturated rings. The Bertz CT molecular complexity index is 1020. The molecule has 0 radical (unpaired) electrons. The van der Waals surface area contributed by atoms with Crippen molar-refractivity contribution in [1.82, 2.24) is 15.2 Å². The van der Waals surface area contributed by atoms with E-state index in [0.29, 0.717) is 32.4 Å². The monoisotopic (exact) mass is 492 g/mol. The molecule has 1 aliphatic heterocycles. The summed E-state index contributed by atoms with van der Waals surface area (Å²) in [6, 6.07) is 11.5. The van der Waals surface area contributed by atoms with E-state index >= 15 is 0 Å². The highest BCUT2D eigenvalue weighted by molar-refractivity contribution is 5.91. The molecule has 3 N–H and O–H groups in total. The molecule has 1 aliphatic rings. The Morgan fingerprint density at radius 1 is 1.11 bits per heavy atom. The minimum Gasteiger partial charge on any atom is -0.369 e. The van der Waals surface area contributed by atoms with Crippen LogP contribution >= 0.6 is 0 Å². The zero-order chi connectivity index (χ0) is 26.1. The molecule has 0 bridgehead atoms. The molecule has 3 amide bonds. The Kier molecular flexibility index (Phi) is 10.0. The highest BCUT2D eigenvalue weighted by atomic mass is 16.2. The first kappa shape index (κ1) is 27.4. The summed E-state index contributed by atoms with van der Waals surface area (Å²) in [6.07, 6.45) is 7.81. The minimum atomic E-state index is -0.602. The maximum Gasteiger partial charge on any atom is 0.245 e. The van der Waals surface area contributed by atoms with Gasteiger partial charge in [0.25, 0.3) is 0 Å². The molecule has 3 rings (SSSR count). The van der Waals surface area contributed by atoms with Crippen LogP contribution in [0.2, 0.25) is 0 Å². The van der Waals surface area contributed by atoms with Crippen molar-refractivity contribution in [3.05, 3.63) is 54.4 Å². The van der Waals surface area contributed by atoms with Gasteiger partial charge >= 0.3 is 0 Å². The summed E-state index contributed by atoms with van der Waals surface area (Å²) >= 11 is 0. The lowest BCUT2D eigenvalue weighted by Crippen LogP contribution is -2.50. The Hall–Kier alpha value is -3.22. The van der Waals surface area contributed by atoms with Gasteiger partial charge in [-0.3, -0.25) is 19.4 Å². The van der Waals surface area contributed by atoms with E-state index < -0.39 is 23.8 Å². The number of nitrogens with one attached hydrogen (secondary N) is 1. The van der Waals surface area contributed by atoms with Crippen LogP contribution in [0.3, 0.4) is 0 Å². The minimum absolute atomic E-state index is 0.0830. The van der Waals surface area contributed by atoms with Crippen LogP contribution in [-0.4, -0.2) is 40.2 Å². The van der Waals surface area contributed by atoms with Gasteiger partial charge in [0.05, 0.1) is 0 Å². The zero-order valence-electron chi connectivity index (χ0n) is 21.8. The van der Waals surface area contributed by atoms with Crippen molar-refractivity contribution in [2.45, 2.75) is 71.9 Å². The number of rotatable bonds is 11. The van der Waals surface area contributed by atoms with Crippen LogP contribution in [0, 0.1) is 17.8 Å². The number of primary amides is 1. The fourth-order valence-corrected chi connectivity index (χ4v) is 5.07. The van der Waals surface area contributed by atoms with Gasteiger partial charge in [-0.15, -0.1) is 0 Å². The van der Waals surface area contributed by atoms with Gasteiger partial charge in [0.1, 0.15) is 6.04 Å². The number of pyridine rings is 1. The molecule has 1 aromatic heterocycles. The van der Waals surface area contributed by atoms with Crippen LogP contribution in [0.4, 0.5) is 0 Å². The summed E-state index contributed by atoms with van der Waals surface area (Å²) in [4.78, 5) is 45.3. The van der Waals surface area contributed by atoms with Crippen LogP contribution in [0.1, 0.15) is 64.9 Å². The van der Waals surface area contributed by atoms with Gasteiger partial charge in [0.2, 0.25) is 17.7 Å². The Balaban J connectivity index is 1.74. The van der Waals surface area contributed by atoms with E-state index in [1.165, 1.54) is 0 Å². The fraction of sp³-hybridized carbons (Fsp3) is 0.517. The first-order valence-corrected chi connectivity index (χ1v) is 13.2. The maximum atomic E-state index is 13.5. The second-order valence-electron chi connectivity index (χ2n) is 10.3. The van der Waals surface area contributed by atoms with E-state index in [1.807, 2.05) is 62.2 Å². The average Bonchev–Trinajstić information content (AvgIpc) is 3.03. The summed E-state index contributed by atoms with van der Waals surface area (Å²) in [5.41, 5.74) is 8.72. The van der Waals surface area contributed by atoms with Gasteiger partial charge in [-0.25, -0.2) is 0 Å². The Morgan fingerprint density at radius 3 is 2.53 bits per heavy atom. The van der Waals surface area contributed by atoms with Crippen molar-refractivity contribution in [3.63, 3.8) is 0 Å². The van der Waals surface area contributed by atoms with Gasteiger partial charge in [0, 0.05) is 42.9 Å². The van der Waals surface area contributed by atoms with Gasteiger partial charge in [-0.05, 0) is 55.2 Å². The van der Waals surface area contributed by atoms with Crippen molar-refractivity contribution < 1.29 is 14.4 Å². The van der Waals surface area contributed by atoms with Crippen LogP contribution < -0.4 is 11.1 Å². The SMILES string of the molecule is CCCC(C(N)=O)C(CC(C)C)C(=O)NC1CCCCN(Cc2cncc(-c3ccccc3)c2)C1=O. The van der Waals surface area contributed by atoms with Crippen LogP contribution in [-0.2, 0) is 20.9 Å². The lowest BCUT2D eigenvalue weighted by Gasteiger charge is -2.29. The normalized spacial score (nSPS) is 17.9. The predicted octanol–water partition coefficient (Wildman–Crippen LogP) is 4.31. The molecule has 1 aromatic carbocycles. The van der Waals surface area contributed by atoms with Gasteiger partial charge in [0.15, 0.2) is 0 Å². The largest absolute Gasteiger partial charge is 0.369 e.